The van der Waals surface area contributed by atoms with E-state index in [9.17, 15) is 19.2 Å². The van der Waals surface area contributed by atoms with Crippen LogP contribution in [0, 0.1) is 5.41 Å². The molecular weight excluding hydrogens is 709 g/mol. The number of ether oxygens (including phenoxy) is 1. The summed E-state index contributed by atoms with van der Waals surface area (Å²) < 4.78 is 6.10. The lowest BCUT2D eigenvalue weighted by Gasteiger charge is -2.47. The van der Waals surface area contributed by atoms with Gasteiger partial charge in [-0.3, -0.25) is 34.3 Å². The fraction of sp³-hybridized carbons (Fsp3) is 0.465. The van der Waals surface area contributed by atoms with E-state index in [4.69, 9.17) is 4.74 Å². The standard InChI is InChI=1S/C43H50N8O5/c1-48-17-3-6-36(48)34-24-29-26-44-38(25-33(29)45-34)46-40(53)28-7-9-30(10-8-28)56-23-22-49-18-13-43(14-19-49)15-20-50(21-16-43)35-5-2-4-31-32(35)27-51(42(31)55)37-11-12-39(52)47-41(37)54/h2,4-5,7-10,24-26,36-37,45H,3,6,11-23,27H2,1H3,(H,44,46,53)(H,47,52,54)/t36-,37?/m1/s1. The molecule has 13 heteroatoms. The molecule has 5 aliphatic rings. The molecule has 9 rings (SSSR count). The Balaban J connectivity index is 0.720. The highest BCUT2D eigenvalue weighted by molar-refractivity contribution is 6.06. The number of rotatable bonds is 9. The van der Waals surface area contributed by atoms with Crippen molar-refractivity contribution < 1.29 is 23.9 Å². The summed E-state index contributed by atoms with van der Waals surface area (Å²) in [5.74, 6) is 0.275. The lowest BCUT2D eigenvalue weighted by Crippen LogP contribution is -2.52. The van der Waals surface area contributed by atoms with Crippen molar-refractivity contribution in [1.82, 2.24) is 30.0 Å². The molecule has 4 fully saturated rings. The van der Waals surface area contributed by atoms with E-state index in [0.717, 1.165) is 99.3 Å². The molecule has 5 aliphatic heterocycles. The smallest absolute Gasteiger partial charge is 0.256 e. The summed E-state index contributed by atoms with van der Waals surface area (Å²) in [5.41, 5.74) is 5.80. The number of aromatic amines is 1. The molecule has 4 aromatic rings. The molecule has 4 saturated heterocycles. The number of nitrogens with one attached hydrogen (secondary N) is 3. The molecule has 292 valence electrons. The minimum Gasteiger partial charge on any atom is -0.492 e. The van der Waals surface area contributed by atoms with Crippen LogP contribution < -0.4 is 20.3 Å². The Morgan fingerprint density at radius 2 is 1.73 bits per heavy atom. The zero-order valence-corrected chi connectivity index (χ0v) is 32.0. The van der Waals surface area contributed by atoms with Crippen LogP contribution in [0.2, 0.25) is 0 Å². The fourth-order valence-electron chi connectivity index (χ4n) is 9.62. The number of amides is 4. The highest BCUT2D eigenvalue weighted by Gasteiger charge is 2.42. The van der Waals surface area contributed by atoms with Gasteiger partial charge in [0.05, 0.1) is 5.52 Å². The first-order valence-electron chi connectivity index (χ1n) is 20.2. The number of H-pyrrole nitrogens is 1. The number of pyridine rings is 1. The molecule has 3 N–H and O–H groups in total. The summed E-state index contributed by atoms with van der Waals surface area (Å²) in [4.78, 5) is 67.6. The van der Waals surface area contributed by atoms with Crippen LogP contribution in [0.3, 0.4) is 0 Å². The van der Waals surface area contributed by atoms with Crippen molar-refractivity contribution in [3.8, 4) is 5.75 Å². The third kappa shape index (κ3) is 7.14. The molecule has 56 heavy (non-hydrogen) atoms. The van der Waals surface area contributed by atoms with E-state index in [1.54, 1.807) is 17.0 Å². The minimum absolute atomic E-state index is 0.123. The second-order valence-electron chi connectivity index (χ2n) is 16.4. The number of carbonyl (C=O) groups is 4. The van der Waals surface area contributed by atoms with Crippen LogP contribution in [0.15, 0.2) is 60.8 Å². The molecule has 0 aliphatic carbocycles. The Morgan fingerprint density at radius 1 is 0.946 bits per heavy atom. The van der Waals surface area contributed by atoms with Crippen LogP contribution in [0.25, 0.3) is 10.9 Å². The Morgan fingerprint density at radius 3 is 2.48 bits per heavy atom. The molecule has 2 aromatic heterocycles. The van der Waals surface area contributed by atoms with Gasteiger partial charge in [-0.1, -0.05) is 6.07 Å². The number of aromatic nitrogens is 2. The molecule has 2 aromatic carbocycles. The predicted molar refractivity (Wildman–Crippen MR) is 213 cm³/mol. The van der Waals surface area contributed by atoms with Crippen molar-refractivity contribution in [3.63, 3.8) is 0 Å². The molecule has 0 bridgehead atoms. The van der Waals surface area contributed by atoms with Crippen molar-refractivity contribution in [2.45, 2.75) is 70.0 Å². The third-order valence-corrected chi connectivity index (χ3v) is 13.1. The first-order chi connectivity index (χ1) is 27.2. The van der Waals surface area contributed by atoms with Crippen molar-refractivity contribution >= 4 is 46.0 Å². The van der Waals surface area contributed by atoms with Crippen LogP contribution in [0.5, 0.6) is 5.75 Å². The highest BCUT2D eigenvalue weighted by atomic mass is 16.5. The van der Waals surface area contributed by atoms with Gasteiger partial charge in [0.25, 0.3) is 11.8 Å². The summed E-state index contributed by atoms with van der Waals surface area (Å²) >= 11 is 0. The maximum absolute atomic E-state index is 13.4. The van der Waals surface area contributed by atoms with Gasteiger partial charge in [-0.25, -0.2) is 4.98 Å². The number of nitrogens with zero attached hydrogens (tertiary/aromatic N) is 5. The van der Waals surface area contributed by atoms with Gasteiger partial charge in [-0.15, -0.1) is 0 Å². The van der Waals surface area contributed by atoms with Gasteiger partial charge in [0, 0.05) is 84.4 Å². The molecule has 0 radical (unpaired) electrons. The molecular formula is C43H50N8O5. The van der Waals surface area contributed by atoms with Crippen LogP contribution in [0.4, 0.5) is 11.5 Å². The van der Waals surface area contributed by atoms with E-state index in [1.807, 2.05) is 36.5 Å². The Bertz CT molecular complexity index is 2150. The molecule has 2 atom stereocenters. The van der Waals surface area contributed by atoms with E-state index in [0.29, 0.717) is 48.0 Å². The Kier molecular flexibility index (Phi) is 9.74. The van der Waals surface area contributed by atoms with Crippen molar-refractivity contribution in [2.75, 3.05) is 63.1 Å². The monoisotopic (exact) mass is 758 g/mol. The Labute approximate surface area is 326 Å². The number of anilines is 2. The van der Waals surface area contributed by atoms with E-state index >= 15 is 0 Å². The van der Waals surface area contributed by atoms with Crippen molar-refractivity contribution in [3.05, 3.63) is 83.2 Å². The second kappa shape index (κ2) is 15.0. The topological polar surface area (TPSA) is 143 Å². The number of fused-ring (bicyclic) bond motifs is 2. The zero-order valence-electron chi connectivity index (χ0n) is 32.0. The molecule has 4 amide bonds. The average Bonchev–Trinajstić information content (AvgIpc) is 3.92. The molecule has 7 heterocycles. The van der Waals surface area contributed by atoms with Gasteiger partial charge >= 0.3 is 0 Å². The van der Waals surface area contributed by atoms with Gasteiger partial charge in [-0.2, -0.15) is 0 Å². The summed E-state index contributed by atoms with van der Waals surface area (Å²) in [6.45, 7) is 6.91. The summed E-state index contributed by atoms with van der Waals surface area (Å²) in [5, 5.41) is 6.38. The third-order valence-electron chi connectivity index (χ3n) is 13.1. The largest absolute Gasteiger partial charge is 0.492 e. The van der Waals surface area contributed by atoms with Gasteiger partial charge in [-0.05, 0) is 120 Å². The summed E-state index contributed by atoms with van der Waals surface area (Å²) in [6, 6.07) is 17.1. The minimum atomic E-state index is -0.604. The van der Waals surface area contributed by atoms with Gasteiger partial charge in [0.15, 0.2) is 0 Å². The summed E-state index contributed by atoms with van der Waals surface area (Å²) in [7, 11) is 2.16. The van der Waals surface area contributed by atoms with Crippen LogP contribution >= 0.6 is 0 Å². The van der Waals surface area contributed by atoms with E-state index in [-0.39, 0.29) is 30.0 Å². The van der Waals surface area contributed by atoms with Crippen LogP contribution in [0.1, 0.15) is 89.4 Å². The van der Waals surface area contributed by atoms with Crippen molar-refractivity contribution in [2.24, 2.45) is 5.41 Å². The average molecular weight is 759 g/mol. The van der Waals surface area contributed by atoms with E-state index in [2.05, 4.69) is 54.5 Å². The van der Waals surface area contributed by atoms with Gasteiger partial charge < -0.3 is 24.8 Å². The number of benzene rings is 2. The van der Waals surface area contributed by atoms with Crippen molar-refractivity contribution in [1.29, 1.82) is 0 Å². The van der Waals surface area contributed by atoms with E-state index in [1.165, 1.54) is 12.1 Å². The second-order valence-corrected chi connectivity index (χ2v) is 16.4. The number of hydrogen-bond donors (Lipinski definition) is 3. The maximum Gasteiger partial charge on any atom is 0.256 e. The van der Waals surface area contributed by atoms with Crippen LogP contribution in [-0.2, 0) is 16.1 Å². The molecule has 1 unspecified atom stereocenters. The van der Waals surface area contributed by atoms with Gasteiger partial charge in [0.1, 0.15) is 24.2 Å². The highest BCUT2D eigenvalue weighted by Crippen LogP contribution is 2.44. The van der Waals surface area contributed by atoms with Gasteiger partial charge in [0.2, 0.25) is 11.8 Å². The number of piperidine rings is 3. The molecule has 13 nitrogen and oxygen atoms in total. The SMILES string of the molecule is CN1CCC[C@@H]1c1cc2cnc(NC(=O)c3ccc(OCCN4CCC5(CC4)CCN(c4cccc6c4CN(C4CCC(=O)NC4=O)C6=O)CC5)cc3)cc2[nH]1. The predicted octanol–water partition coefficient (Wildman–Crippen LogP) is 5.10. The fourth-order valence-corrected chi connectivity index (χ4v) is 9.62. The number of carbonyl (C=O) groups excluding carboxylic acids is 4. The normalized spacial score (nSPS) is 22.8. The quantitative estimate of drug-likeness (QED) is 0.199. The summed E-state index contributed by atoms with van der Waals surface area (Å²) in [6.07, 6.45) is 9.31. The van der Waals surface area contributed by atoms with Crippen LogP contribution in [-0.4, -0.2) is 107 Å². The maximum atomic E-state index is 13.4. The first kappa shape index (κ1) is 36.4. The zero-order chi connectivity index (χ0) is 38.4. The number of hydrogen-bond acceptors (Lipinski definition) is 9. The molecule has 0 saturated carbocycles. The number of likely N-dealkylation sites (tertiary alicyclic amines) is 2. The lowest BCUT2D eigenvalue weighted by molar-refractivity contribution is -0.136. The lowest BCUT2D eigenvalue weighted by atomic mass is 9.71. The Hall–Kier alpha value is -5.27. The molecule has 1 spiro atoms. The first-order valence-corrected chi connectivity index (χ1v) is 20.2. The van der Waals surface area contributed by atoms with E-state index < -0.39 is 6.04 Å². The number of imide groups is 1.